The van der Waals surface area contributed by atoms with E-state index >= 15 is 0 Å². The number of fused-ring (bicyclic) bond motifs is 1. The van der Waals surface area contributed by atoms with E-state index in [1.165, 1.54) is 0 Å². The quantitative estimate of drug-likeness (QED) is 0.728. The van der Waals surface area contributed by atoms with Crippen LogP contribution in [0.3, 0.4) is 0 Å². The van der Waals surface area contributed by atoms with Crippen molar-refractivity contribution in [1.82, 2.24) is 4.57 Å². The van der Waals surface area contributed by atoms with Crippen LogP contribution >= 0.6 is 0 Å². The summed E-state index contributed by atoms with van der Waals surface area (Å²) in [6, 6.07) is 3.60. The molecular weight excluding hydrogens is 270 g/mol. The van der Waals surface area contributed by atoms with Crippen molar-refractivity contribution < 1.29 is 20.1 Å². The monoisotopic (exact) mass is 291 g/mol. The van der Waals surface area contributed by atoms with Crippen molar-refractivity contribution in [1.29, 1.82) is 0 Å². The Morgan fingerprint density at radius 2 is 1.90 bits per heavy atom. The number of aryl methyl sites for hydroxylation is 3. The van der Waals surface area contributed by atoms with Crippen molar-refractivity contribution in [3.05, 3.63) is 35.0 Å². The molecule has 0 aliphatic carbocycles. The van der Waals surface area contributed by atoms with Gasteiger partial charge in [-0.05, 0) is 49.4 Å². The molecule has 0 radical (unpaired) electrons. The van der Waals surface area contributed by atoms with Gasteiger partial charge >= 0.3 is 5.97 Å². The van der Waals surface area contributed by atoms with Gasteiger partial charge in [0.25, 0.3) is 0 Å². The fourth-order valence-electron chi connectivity index (χ4n) is 2.64. The number of aromatic nitrogens is 1. The normalized spacial score (nSPS) is 11.2. The number of aliphatic hydroxyl groups is 2. The summed E-state index contributed by atoms with van der Waals surface area (Å²) in [6.07, 6.45) is 4.01. The van der Waals surface area contributed by atoms with Gasteiger partial charge in [-0.15, -0.1) is 0 Å². The molecule has 0 spiro atoms. The number of carbonyl (C=O) groups is 1. The first-order valence-corrected chi connectivity index (χ1v) is 7.16. The standard InChI is InChI=1S/C16H21NO4/c1-11-8-15-14(9-13(11)16(20)21)12(4-2-6-18)10-17(15)5-3-7-19/h8-10,18-19H,2-7H2,1H3,(H,20,21). The number of hydrogen-bond acceptors (Lipinski definition) is 3. The van der Waals surface area contributed by atoms with Gasteiger partial charge in [-0.3, -0.25) is 0 Å². The van der Waals surface area contributed by atoms with E-state index in [1.807, 2.05) is 12.3 Å². The fourth-order valence-corrected chi connectivity index (χ4v) is 2.64. The van der Waals surface area contributed by atoms with Gasteiger partial charge in [0, 0.05) is 36.9 Å². The Labute approximate surface area is 123 Å². The van der Waals surface area contributed by atoms with Crippen molar-refractivity contribution in [2.24, 2.45) is 0 Å². The average Bonchev–Trinajstić information content (AvgIpc) is 2.78. The Kier molecular flexibility index (Phi) is 4.98. The molecule has 1 heterocycles. The van der Waals surface area contributed by atoms with E-state index in [2.05, 4.69) is 4.57 Å². The van der Waals surface area contributed by atoms with Crippen LogP contribution in [-0.2, 0) is 13.0 Å². The van der Waals surface area contributed by atoms with Crippen LogP contribution in [0, 0.1) is 6.92 Å². The van der Waals surface area contributed by atoms with Crippen LogP contribution in [0.2, 0.25) is 0 Å². The van der Waals surface area contributed by atoms with Gasteiger partial charge in [0.1, 0.15) is 0 Å². The average molecular weight is 291 g/mol. The van der Waals surface area contributed by atoms with Gasteiger partial charge in [0.2, 0.25) is 0 Å². The van der Waals surface area contributed by atoms with Crippen LogP contribution in [0.1, 0.15) is 34.3 Å². The molecule has 0 unspecified atom stereocenters. The highest BCUT2D eigenvalue weighted by Gasteiger charge is 2.14. The van der Waals surface area contributed by atoms with Gasteiger partial charge in [-0.25, -0.2) is 4.79 Å². The van der Waals surface area contributed by atoms with Crippen LogP contribution in [0.4, 0.5) is 0 Å². The smallest absolute Gasteiger partial charge is 0.335 e. The topological polar surface area (TPSA) is 82.7 Å². The summed E-state index contributed by atoms with van der Waals surface area (Å²) in [5.74, 6) is -0.925. The molecule has 0 aliphatic heterocycles. The Balaban J connectivity index is 2.54. The largest absolute Gasteiger partial charge is 0.478 e. The number of carboxylic acids is 1. The second-order valence-electron chi connectivity index (χ2n) is 5.24. The zero-order valence-electron chi connectivity index (χ0n) is 12.2. The van der Waals surface area contributed by atoms with E-state index in [0.717, 1.165) is 22.0 Å². The van der Waals surface area contributed by atoms with Crippen LogP contribution < -0.4 is 0 Å². The van der Waals surface area contributed by atoms with E-state index in [1.54, 1.807) is 13.0 Å². The Hall–Kier alpha value is -1.85. The Morgan fingerprint density at radius 1 is 1.19 bits per heavy atom. The summed E-state index contributed by atoms with van der Waals surface area (Å²) < 4.78 is 2.05. The lowest BCUT2D eigenvalue weighted by Gasteiger charge is -2.06. The molecule has 0 fully saturated rings. The number of hydrogen-bond donors (Lipinski definition) is 3. The third kappa shape index (κ3) is 3.25. The zero-order valence-corrected chi connectivity index (χ0v) is 12.2. The summed E-state index contributed by atoms with van der Waals surface area (Å²) >= 11 is 0. The maximum atomic E-state index is 11.3. The highest BCUT2D eigenvalue weighted by Crippen LogP contribution is 2.26. The van der Waals surface area contributed by atoms with Gasteiger partial charge < -0.3 is 19.9 Å². The first-order valence-electron chi connectivity index (χ1n) is 7.16. The maximum absolute atomic E-state index is 11.3. The van der Waals surface area contributed by atoms with Crippen molar-refractivity contribution in [3.8, 4) is 0 Å². The summed E-state index contributed by atoms with van der Waals surface area (Å²) in [5, 5.41) is 28.2. The van der Waals surface area contributed by atoms with Crippen LogP contribution in [0.25, 0.3) is 10.9 Å². The minimum Gasteiger partial charge on any atom is -0.478 e. The highest BCUT2D eigenvalue weighted by molar-refractivity contribution is 5.96. The molecule has 0 saturated heterocycles. The summed E-state index contributed by atoms with van der Waals surface area (Å²) in [6.45, 7) is 2.72. The third-order valence-corrected chi connectivity index (χ3v) is 3.70. The van der Waals surface area contributed by atoms with Gasteiger partial charge in [0.15, 0.2) is 0 Å². The minimum absolute atomic E-state index is 0.112. The molecule has 1 aromatic heterocycles. The molecule has 0 atom stereocenters. The van der Waals surface area contributed by atoms with E-state index in [9.17, 15) is 9.90 Å². The molecule has 0 bridgehead atoms. The number of nitrogens with zero attached hydrogens (tertiary/aromatic N) is 1. The molecule has 1 aromatic carbocycles. The van der Waals surface area contributed by atoms with E-state index < -0.39 is 5.97 Å². The van der Waals surface area contributed by atoms with Crippen LogP contribution in [0.5, 0.6) is 0 Å². The Bertz CT molecular complexity index is 645. The van der Waals surface area contributed by atoms with Crippen molar-refractivity contribution in [2.75, 3.05) is 13.2 Å². The molecule has 2 rings (SSSR count). The lowest BCUT2D eigenvalue weighted by Crippen LogP contribution is -2.01. The molecule has 5 nitrogen and oxygen atoms in total. The van der Waals surface area contributed by atoms with E-state index in [4.69, 9.17) is 10.2 Å². The van der Waals surface area contributed by atoms with Crippen molar-refractivity contribution in [3.63, 3.8) is 0 Å². The molecule has 0 aliphatic rings. The number of carboxylic acid groups (broad SMARTS) is 1. The second kappa shape index (κ2) is 6.74. The van der Waals surface area contributed by atoms with E-state index in [-0.39, 0.29) is 13.2 Å². The summed E-state index contributed by atoms with van der Waals surface area (Å²) in [5.41, 5.74) is 3.07. The number of benzene rings is 1. The zero-order chi connectivity index (χ0) is 15.4. The van der Waals surface area contributed by atoms with Gasteiger partial charge in [0.05, 0.1) is 5.56 Å². The van der Waals surface area contributed by atoms with Gasteiger partial charge in [-0.1, -0.05) is 0 Å². The number of aromatic carboxylic acids is 1. The van der Waals surface area contributed by atoms with Crippen LogP contribution in [0.15, 0.2) is 18.3 Å². The number of aliphatic hydroxyl groups excluding tert-OH is 2. The lowest BCUT2D eigenvalue weighted by atomic mass is 10.0. The van der Waals surface area contributed by atoms with Crippen molar-refractivity contribution in [2.45, 2.75) is 32.7 Å². The number of rotatable bonds is 7. The highest BCUT2D eigenvalue weighted by atomic mass is 16.4. The second-order valence-corrected chi connectivity index (χ2v) is 5.24. The maximum Gasteiger partial charge on any atom is 0.335 e. The molecule has 5 heteroatoms. The van der Waals surface area contributed by atoms with Gasteiger partial charge in [-0.2, -0.15) is 0 Å². The van der Waals surface area contributed by atoms with Crippen LogP contribution in [-0.4, -0.2) is 39.1 Å². The molecule has 114 valence electrons. The molecular formula is C16H21NO4. The predicted molar refractivity (Wildman–Crippen MR) is 80.7 cm³/mol. The molecule has 3 N–H and O–H groups in total. The molecule has 0 amide bonds. The van der Waals surface area contributed by atoms with E-state index in [0.29, 0.717) is 31.4 Å². The first kappa shape index (κ1) is 15.5. The first-order chi connectivity index (χ1) is 10.1. The SMILES string of the molecule is Cc1cc2c(cc1C(=O)O)c(CCCO)cn2CCCO. The summed E-state index contributed by atoms with van der Waals surface area (Å²) in [7, 11) is 0. The fraction of sp³-hybridized carbons (Fsp3) is 0.438. The Morgan fingerprint density at radius 3 is 2.52 bits per heavy atom. The molecule has 2 aromatic rings. The minimum atomic E-state index is -0.925. The summed E-state index contributed by atoms with van der Waals surface area (Å²) in [4.78, 5) is 11.3. The van der Waals surface area contributed by atoms with Crippen molar-refractivity contribution >= 4 is 16.9 Å². The molecule has 0 saturated carbocycles. The third-order valence-electron chi connectivity index (χ3n) is 3.70. The predicted octanol–water partition coefficient (Wildman–Crippen LogP) is 1.96. The molecule has 21 heavy (non-hydrogen) atoms. The lowest BCUT2D eigenvalue weighted by molar-refractivity contribution is 0.0696.